The molecule has 3 rings (SSSR count). The fourth-order valence-corrected chi connectivity index (χ4v) is 2.15. The number of non-ortho nitro benzene ring substituents is 1. The van der Waals surface area contributed by atoms with Crippen LogP contribution in [0, 0.1) is 10.1 Å². The van der Waals surface area contributed by atoms with E-state index in [1.165, 1.54) is 12.1 Å². The van der Waals surface area contributed by atoms with E-state index in [2.05, 4.69) is 10.3 Å². The van der Waals surface area contributed by atoms with Crippen LogP contribution in [0.3, 0.4) is 0 Å². The third-order valence-corrected chi connectivity index (χ3v) is 3.22. The number of hydrogen-bond acceptors (Lipinski definition) is 3. The Labute approximate surface area is 115 Å². The van der Waals surface area contributed by atoms with Gasteiger partial charge in [-0.05, 0) is 11.6 Å². The molecule has 0 amide bonds. The van der Waals surface area contributed by atoms with Gasteiger partial charge in [-0.1, -0.05) is 30.3 Å². The molecule has 5 nitrogen and oxygen atoms in total. The van der Waals surface area contributed by atoms with E-state index in [0.717, 1.165) is 22.2 Å². The van der Waals surface area contributed by atoms with Crippen LogP contribution in [-0.4, -0.2) is 9.91 Å². The molecule has 0 atom stereocenters. The second-order valence-electron chi connectivity index (χ2n) is 4.53. The highest BCUT2D eigenvalue weighted by atomic mass is 16.6. The molecule has 0 saturated heterocycles. The highest BCUT2D eigenvalue weighted by Crippen LogP contribution is 2.23. The molecule has 3 aromatic rings. The molecule has 0 saturated carbocycles. The first-order valence-corrected chi connectivity index (χ1v) is 6.27. The van der Waals surface area contributed by atoms with Crippen molar-refractivity contribution in [3.8, 4) is 0 Å². The minimum Gasteiger partial charge on any atom is -0.379 e. The van der Waals surface area contributed by atoms with Crippen molar-refractivity contribution in [1.82, 2.24) is 4.98 Å². The molecular formula is C15H13N3O2. The van der Waals surface area contributed by atoms with Gasteiger partial charge in [0.1, 0.15) is 0 Å². The van der Waals surface area contributed by atoms with Gasteiger partial charge in [-0.25, -0.2) is 0 Å². The summed E-state index contributed by atoms with van der Waals surface area (Å²) in [7, 11) is 0. The fraction of sp³-hybridized carbons (Fsp3) is 0.0667. The second-order valence-corrected chi connectivity index (χ2v) is 4.53. The van der Waals surface area contributed by atoms with E-state index in [-0.39, 0.29) is 5.69 Å². The van der Waals surface area contributed by atoms with Crippen molar-refractivity contribution in [2.75, 3.05) is 5.32 Å². The van der Waals surface area contributed by atoms with Gasteiger partial charge in [-0.2, -0.15) is 0 Å². The Hall–Kier alpha value is -2.82. The maximum atomic E-state index is 10.6. The Morgan fingerprint density at radius 2 is 1.85 bits per heavy atom. The van der Waals surface area contributed by atoms with Crippen LogP contribution in [0.25, 0.3) is 10.9 Å². The van der Waals surface area contributed by atoms with Crippen LogP contribution < -0.4 is 5.32 Å². The summed E-state index contributed by atoms with van der Waals surface area (Å²) >= 11 is 0. The average Bonchev–Trinajstić information content (AvgIpc) is 2.89. The van der Waals surface area contributed by atoms with Gasteiger partial charge in [-0.15, -0.1) is 0 Å². The normalized spacial score (nSPS) is 10.6. The van der Waals surface area contributed by atoms with Gasteiger partial charge >= 0.3 is 0 Å². The van der Waals surface area contributed by atoms with Gasteiger partial charge in [0.2, 0.25) is 0 Å². The zero-order chi connectivity index (χ0) is 13.9. The summed E-state index contributed by atoms with van der Waals surface area (Å²) in [6.45, 7) is 0.625. The van der Waals surface area contributed by atoms with Crippen LogP contribution in [0.4, 0.5) is 11.4 Å². The number of hydrogen-bond donors (Lipinski definition) is 2. The Bertz CT molecular complexity index is 747. The van der Waals surface area contributed by atoms with E-state index in [4.69, 9.17) is 0 Å². The SMILES string of the molecule is O=[N+]([O-])c1ccc(CNc2c[nH]c3ccccc23)cc1. The van der Waals surface area contributed by atoms with Crippen LogP contribution in [0.1, 0.15) is 5.56 Å². The summed E-state index contributed by atoms with van der Waals surface area (Å²) in [6, 6.07) is 14.6. The predicted octanol–water partition coefficient (Wildman–Crippen LogP) is 3.69. The van der Waals surface area contributed by atoms with Crippen molar-refractivity contribution < 1.29 is 4.92 Å². The molecule has 2 N–H and O–H groups in total. The Morgan fingerprint density at radius 3 is 2.60 bits per heavy atom. The van der Waals surface area contributed by atoms with Gasteiger partial charge in [0.25, 0.3) is 5.69 Å². The fourth-order valence-electron chi connectivity index (χ4n) is 2.15. The molecule has 0 fully saturated rings. The number of H-pyrrole nitrogens is 1. The molecule has 1 heterocycles. The van der Waals surface area contributed by atoms with Gasteiger partial charge in [0.15, 0.2) is 0 Å². The van der Waals surface area contributed by atoms with Crippen molar-refractivity contribution >= 4 is 22.3 Å². The number of nitrogens with one attached hydrogen (secondary N) is 2. The van der Waals surface area contributed by atoms with Crippen molar-refractivity contribution in [2.24, 2.45) is 0 Å². The summed E-state index contributed by atoms with van der Waals surface area (Å²) in [5.41, 5.74) is 3.22. The van der Waals surface area contributed by atoms with E-state index in [1.807, 2.05) is 30.5 Å². The zero-order valence-corrected chi connectivity index (χ0v) is 10.7. The van der Waals surface area contributed by atoms with E-state index in [0.29, 0.717) is 6.54 Å². The van der Waals surface area contributed by atoms with Crippen LogP contribution in [0.5, 0.6) is 0 Å². The number of nitro groups is 1. The number of fused-ring (bicyclic) bond motifs is 1. The smallest absolute Gasteiger partial charge is 0.269 e. The van der Waals surface area contributed by atoms with Gasteiger partial charge in [0.05, 0.1) is 10.6 Å². The number of rotatable bonds is 4. The largest absolute Gasteiger partial charge is 0.379 e. The van der Waals surface area contributed by atoms with Crippen molar-refractivity contribution in [1.29, 1.82) is 0 Å². The third kappa shape index (κ3) is 2.33. The summed E-state index contributed by atoms with van der Waals surface area (Å²) < 4.78 is 0. The topological polar surface area (TPSA) is 71.0 Å². The highest BCUT2D eigenvalue weighted by Gasteiger charge is 2.05. The summed E-state index contributed by atoms with van der Waals surface area (Å²) in [5, 5.41) is 15.1. The summed E-state index contributed by atoms with van der Waals surface area (Å²) in [6.07, 6.45) is 1.93. The molecule has 0 radical (unpaired) electrons. The minimum atomic E-state index is -0.392. The Kier molecular flexibility index (Phi) is 3.09. The molecule has 0 bridgehead atoms. The lowest BCUT2D eigenvalue weighted by Crippen LogP contribution is -1.98. The van der Waals surface area contributed by atoms with E-state index in [1.54, 1.807) is 12.1 Å². The molecule has 0 aliphatic carbocycles. The van der Waals surface area contributed by atoms with Crippen LogP contribution in [0.2, 0.25) is 0 Å². The number of anilines is 1. The standard InChI is InChI=1S/C15H13N3O2/c19-18(20)12-7-5-11(6-8-12)9-16-15-10-17-14-4-2-1-3-13(14)15/h1-8,10,16-17H,9H2. The lowest BCUT2D eigenvalue weighted by Gasteiger charge is -2.05. The highest BCUT2D eigenvalue weighted by molar-refractivity contribution is 5.92. The van der Waals surface area contributed by atoms with E-state index in [9.17, 15) is 10.1 Å². The lowest BCUT2D eigenvalue weighted by atomic mass is 10.2. The monoisotopic (exact) mass is 267 g/mol. The van der Waals surface area contributed by atoms with E-state index < -0.39 is 4.92 Å². The lowest BCUT2D eigenvalue weighted by molar-refractivity contribution is -0.384. The maximum absolute atomic E-state index is 10.6. The molecule has 0 aliphatic rings. The quantitative estimate of drug-likeness (QED) is 0.559. The van der Waals surface area contributed by atoms with Crippen LogP contribution in [0.15, 0.2) is 54.7 Å². The number of benzene rings is 2. The predicted molar refractivity (Wildman–Crippen MR) is 78.7 cm³/mol. The molecule has 0 aliphatic heterocycles. The molecule has 0 spiro atoms. The number of nitrogens with zero attached hydrogens (tertiary/aromatic N) is 1. The number of para-hydroxylation sites is 1. The van der Waals surface area contributed by atoms with Crippen molar-refractivity contribution in [3.63, 3.8) is 0 Å². The summed E-state index contributed by atoms with van der Waals surface area (Å²) in [4.78, 5) is 13.4. The molecular weight excluding hydrogens is 254 g/mol. The van der Waals surface area contributed by atoms with Gasteiger partial charge < -0.3 is 10.3 Å². The average molecular weight is 267 g/mol. The zero-order valence-electron chi connectivity index (χ0n) is 10.7. The van der Waals surface area contributed by atoms with E-state index >= 15 is 0 Å². The first kappa shape index (κ1) is 12.2. The number of aromatic amines is 1. The number of nitro benzene ring substituents is 1. The minimum absolute atomic E-state index is 0.112. The van der Waals surface area contributed by atoms with Crippen molar-refractivity contribution in [3.05, 3.63) is 70.4 Å². The first-order chi connectivity index (χ1) is 9.74. The summed E-state index contributed by atoms with van der Waals surface area (Å²) in [5.74, 6) is 0. The van der Waals surface area contributed by atoms with Gasteiger partial charge in [-0.3, -0.25) is 10.1 Å². The molecule has 2 aromatic carbocycles. The second kappa shape index (κ2) is 5.05. The Morgan fingerprint density at radius 1 is 1.10 bits per heavy atom. The number of aromatic nitrogens is 1. The molecule has 20 heavy (non-hydrogen) atoms. The molecule has 1 aromatic heterocycles. The third-order valence-electron chi connectivity index (χ3n) is 3.22. The Balaban J connectivity index is 1.74. The van der Waals surface area contributed by atoms with Crippen molar-refractivity contribution in [2.45, 2.75) is 6.54 Å². The maximum Gasteiger partial charge on any atom is 0.269 e. The first-order valence-electron chi connectivity index (χ1n) is 6.27. The molecule has 100 valence electrons. The molecule has 5 heteroatoms. The van der Waals surface area contributed by atoms with Gasteiger partial charge in [0, 0.05) is 35.8 Å². The molecule has 0 unspecified atom stereocenters. The van der Waals surface area contributed by atoms with Crippen LogP contribution in [-0.2, 0) is 6.54 Å². The van der Waals surface area contributed by atoms with Crippen LogP contribution >= 0.6 is 0 Å².